The van der Waals surface area contributed by atoms with Gasteiger partial charge in [-0.2, -0.15) is 0 Å². The molecule has 8 heteroatoms. The van der Waals surface area contributed by atoms with Gasteiger partial charge in [-0.05, 0) is 13.8 Å². The molecule has 0 aliphatic carbocycles. The molecule has 0 spiro atoms. The minimum absolute atomic E-state index is 0.0897. The minimum Gasteiger partial charge on any atom is -0.444 e. The fraction of sp³-hybridized carbons (Fsp3) is 0.368. The number of aromatic nitrogens is 1. The maximum Gasteiger partial charge on any atom is 0.344 e. The topological polar surface area (TPSA) is 111 Å². The predicted molar refractivity (Wildman–Crippen MR) is 97.1 cm³/mol. The maximum absolute atomic E-state index is 12.7. The molecule has 3 amide bonds. The summed E-state index contributed by atoms with van der Waals surface area (Å²) in [5.41, 5.74) is 1.00. The van der Waals surface area contributed by atoms with Crippen molar-refractivity contribution in [2.24, 2.45) is 0 Å². The highest BCUT2D eigenvalue weighted by Crippen LogP contribution is 2.26. The molecule has 0 unspecified atom stereocenters. The van der Waals surface area contributed by atoms with Crippen LogP contribution >= 0.6 is 0 Å². The predicted octanol–water partition coefficient (Wildman–Crippen LogP) is 2.85. The summed E-state index contributed by atoms with van der Waals surface area (Å²) in [4.78, 5) is 37.0. The van der Waals surface area contributed by atoms with Crippen molar-refractivity contribution in [3.63, 3.8) is 0 Å². The Balaban J connectivity index is 2.30. The summed E-state index contributed by atoms with van der Waals surface area (Å²) in [6.45, 7) is 7.41. The normalized spacial score (nSPS) is 11.7. The number of carbonyl (C=O) groups is 3. The molecule has 1 atom stereocenters. The summed E-state index contributed by atoms with van der Waals surface area (Å²) >= 11 is 0. The van der Waals surface area contributed by atoms with E-state index in [1.54, 1.807) is 44.2 Å². The van der Waals surface area contributed by atoms with E-state index < -0.39 is 24.0 Å². The Morgan fingerprint density at radius 1 is 1.19 bits per heavy atom. The van der Waals surface area contributed by atoms with Crippen LogP contribution in [0.4, 0.5) is 4.79 Å². The van der Waals surface area contributed by atoms with E-state index in [0.29, 0.717) is 23.6 Å². The third-order valence-electron chi connectivity index (χ3n) is 3.76. The second kappa shape index (κ2) is 8.98. The molecule has 1 heterocycles. The Labute approximate surface area is 157 Å². The van der Waals surface area contributed by atoms with Crippen molar-refractivity contribution in [1.82, 2.24) is 15.8 Å². The average molecular weight is 373 g/mol. The van der Waals surface area contributed by atoms with Gasteiger partial charge in [-0.15, -0.1) is 0 Å². The molecule has 0 bridgehead atoms. The van der Waals surface area contributed by atoms with Crippen molar-refractivity contribution in [3.8, 4) is 0 Å². The Morgan fingerprint density at radius 2 is 1.85 bits per heavy atom. The van der Waals surface area contributed by atoms with Gasteiger partial charge in [0.05, 0.1) is 5.69 Å². The highest BCUT2D eigenvalue weighted by atomic mass is 16.6. The molecule has 0 saturated carbocycles. The van der Waals surface area contributed by atoms with Gasteiger partial charge >= 0.3 is 12.0 Å². The van der Waals surface area contributed by atoms with Crippen molar-refractivity contribution in [2.45, 2.75) is 39.7 Å². The molecular formula is C19H23N3O5. The molecule has 2 aromatic rings. The number of hydrogen-bond acceptors (Lipinski definition) is 6. The largest absolute Gasteiger partial charge is 0.444 e. The smallest absolute Gasteiger partial charge is 0.344 e. The molecule has 0 radical (unpaired) electrons. The zero-order chi connectivity index (χ0) is 20.0. The lowest BCUT2D eigenvalue weighted by atomic mass is 10.0. The molecule has 27 heavy (non-hydrogen) atoms. The fourth-order valence-electron chi connectivity index (χ4n) is 2.48. The minimum atomic E-state index is -1.30. The molecule has 0 aliphatic rings. The van der Waals surface area contributed by atoms with Crippen LogP contribution < -0.4 is 10.6 Å². The Bertz CT molecular complexity index is 814. The Morgan fingerprint density at radius 3 is 2.44 bits per heavy atom. The zero-order valence-electron chi connectivity index (χ0n) is 15.7. The van der Waals surface area contributed by atoms with Gasteiger partial charge in [0.15, 0.2) is 5.76 Å². The van der Waals surface area contributed by atoms with E-state index in [4.69, 9.17) is 9.26 Å². The van der Waals surface area contributed by atoms with Gasteiger partial charge in [-0.3, -0.25) is 10.1 Å². The van der Waals surface area contributed by atoms with Crippen LogP contribution in [0.1, 0.15) is 60.2 Å². The number of nitrogens with zero attached hydrogens (tertiary/aromatic N) is 1. The number of esters is 1. The standard InChI is InChI=1S/C19H23N3O5/c1-5-20-19(25)21-17(23)16(13-9-7-6-8-10-13)26-18(24)14-12(4)22-27-15(14)11(2)3/h6-11,16H,5H2,1-4H3,(H2,20,21,23,25)/t16-/m0/s1. The van der Waals surface area contributed by atoms with Crippen LogP contribution in [-0.2, 0) is 9.53 Å². The van der Waals surface area contributed by atoms with Crippen molar-refractivity contribution in [1.29, 1.82) is 0 Å². The van der Waals surface area contributed by atoms with E-state index in [0.717, 1.165) is 0 Å². The fourth-order valence-corrected chi connectivity index (χ4v) is 2.48. The van der Waals surface area contributed by atoms with Crippen LogP contribution in [0.15, 0.2) is 34.9 Å². The highest BCUT2D eigenvalue weighted by molar-refractivity contribution is 5.99. The van der Waals surface area contributed by atoms with Gasteiger partial charge in [-0.1, -0.05) is 49.3 Å². The van der Waals surface area contributed by atoms with Crippen molar-refractivity contribution in [2.75, 3.05) is 6.54 Å². The number of rotatable bonds is 6. The number of benzene rings is 1. The van der Waals surface area contributed by atoms with E-state index in [1.807, 2.05) is 13.8 Å². The van der Waals surface area contributed by atoms with Gasteiger partial charge in [0.25, 0.3) is 5.91 Å². The summed E-state index contributed by atoms with van der Waals surface area (Å²) in [7, 11) is 0. The molecule has 0 saturated heterocycles. The molecule has 2 rings (SSSR count). The van der Waals surface area contributed by atoms with E-state index in [1.165, 1.54) is 0 Å². The second-order valence-electron chi connectivity index (χ2n) is 6.21. The molecule has 8 nitrogen and oxygen atoms in total. The lowest BCUT2D eigenvalue weighted by Crippen LogP contribution is -2.42. The molecule has 1 aromatic carbocycles. The molecule has 144 valence electrons. The third kappa shape index (κ3) is 4.93. The number of ether oxygens (including phenoxy) is 1. The lowest BCUT2D eigenvalue weighted by Gasteiger charge is -2.18. The van der Waals surface area contributed by atoms with E-state index in [-0.39, 0.29) is 11.5 Å². The highest BCUT2D eigenvalue weighted by Gasteiger charge is 2.31. The van der Waals surface area contributed by atoms with Crippen molar-refractivity contribution >= 4 is 17.9 Å². The molecule has 0 aliphatic heterocycles. The SMILES string of the molecule is CCNC(=O)NC(=O)[C@@H](OC(=O)c1c(C)noc1C(C)C)c1ccccc1. The monoisotopic (exact) mass is 373 g/mol. The summed E-state index contributed by atoms with van der Waals surface area (Å²) in [6, 6.07) is 7.80. The lowest BCUT2D eigenvalue weighted by molar-refractivity contribution is -0.129. The maximum atomic E-state index is 12.7. The van der Waals surface area contributed by atoms with Crippen molar-refractivity contribution < 1.29 is 23.6 Å². The van der Waals surface area contributed by atoms with E-state index >= 15 is 0 Å². The number of imide groups is 1. The van der Waals surface area contributed by atoms with Gasteiger partial charge in [0.1, 0.15) is 5.56 Å². The second-order valence-corrected chi connectivity index (χ2v) is 6.21. The average Bonchev–Trinajstić information content (AvgIpc) is 3.02. The van der Waals surface area contributed by atoms with Crippen LogP contribution in [-0.4, -0.2) is 29.6 Å². The first kappa shape index (κ1) is 20.2. The van der Waals surface area contributed by atoms with Gasteiger partial charge < -0.3 is 14.6 Å². The summed E-state index contributed by atoms with van der Waals surface area (Å²) < 4.78 is 10.7. The molecule has 0 fully saturated rings. The summed E-state index contributed by atoms with van der Waals surface area (Å²) in [5.74, 6) is -1.19. The van der Waals surface area contributed by atoms with Gasteiger partial charge in [0.2, 0.25) is 6.10 Å². The first-order chi connectivity index (χ1) is 12.8. The Kier molecular flexibility index (Phi) is 6.70. The number of urea groups is 1. The zero-order valence-corrected chi connectivity index (χ0v) is 15.7. The van der Waals surface area contributed by atoms with Crippen LogP contribution in [0.3, 0.4) is 0 Å². The molecule has 2 N–H and O–H groups in total. The Hall–Kier alpha value is -3.16. The van der Waals surface area contributed by atoms with Crippen LogP contribution in [0.2, 0.25) is 0 Å². The van der Waals surface area contributed by atoms with Crippen LogP contribution in [0.25, 0.3) is 0 Å². The number of amides is 3. The van der Waals surface area contributed by atoms with E-state index in [9.17, 15) is 14.4 Å². The van der Waals surface area contributed by atoms with E-state index in [2.05, 4.69) is 15.8 Å². The number of aryl methyl sites for hydroxylation is 1. The number of nitrogens with one attached hydrogen (secondary N) is 2. The van der Waals surface area contributed by atoms with Crippen molar-refractivity contribution in [3.05, 3.63) is 52.9 Å². The van der Waals surface area contributed by atoms with Gasteiger partial charge in [-0.25, -0.2) is 9.59 Å². The first-order valence-corrected chi connectivity index (χ1v) is 8.65. The van der Waals surface area contributed by atoms with Crippen LogP contribution in [0.5, 0.6) is 0 Å². The molecule has 1 aromatic heterocycles. The summed E-state index contributed by atoms with van der Waals surface area (Å²) in [6.07, 6.45) is -1.30. The summed E-state index contributed by atoms with van der Waals surface area (Å²) in [5, 5.41) is 8.45. The first-order valence-electron chi connectivity index (χ1n) is 8.65. The van der Waals surface area contributed by atoms with Crippen LogP contribution in [0, 0.1) is 6.92 Å². The third-order valence-corrected chi connectivity index (χ3v) is 3.76. The number of carbonyl (C=O) groups excluding carboxylic acids is 3. The molecular weight excluding hydrogens is 350 g/mol. The quantitative estimate of drug-likeness (QED) is 0.753. The number of hydrogen-bond donors (Lipinski definition) is 2. The van der Waals surface area contributed by atoms with Gasteiger partial charge in [0, 0.05) is 18.0 Å².